The normalized spacial score (nSPS) is 12.7. The van der Waals surface area contributed by atoms with E-state index in [-0.39, 0.29) is 5.75 Å². The van der Waals surface area contributed by atoms with Crippen LogP contribution < -0.4 is 20.9 Å². The zero-order valence-corrected chi connectivity index (χ0v) is 21.6. The van der Waals surface area contributed by atoms with E-state index in [0.717, 1.165) is 39.4 Å². The van der Waals surface area contributed by atoms with Crippen molar-refractivity contribution in [2.24, 2.45) is 15.4 Å². The van der Waals surface area contributed by atoms with Gasteiger partial charge in [0, 0.05) is 28.7 Å². The molecule has 0 atom stereocenters. The number of hydrazone groups is 1. The van der Waals surface area contributed by atoms with Crippen molar-refractivity contribution in [3.63, 3.8) is 0 Å². The lowest BCUT2D eigenvalue weighted by Gasteiger charge is -2.09. The Hall–Kier alpha value is -4.02. The Kier molecular flexibility index (Phi) is 7.77. The summed E-state index contributed by atoms with van der Waals surface area (Å²) in [4.78, 5) is 0.798. The fourth-order valence-electron chi connectivity index (χ4n) is 3.47. The highest BCUT2D eigenvalue weighted by atomic mass is 32.1. The van der Waals surface area contributed by atoms with E-state index < -0.39 is 0 Å². The smallest absolute Gasteiger partial charge is 0.191 e. The van der Waals surface area contributed by atoms with Crippen molar-refractivity contribution in [1.82, 2.24) is 10.9 Å². The van der Waals surface area contributed by atoms with E-state index in [0.29, 0.717) is 34.4 Å². The molecule has 184 valence electrons. The van der Waals surface area contributed by atoms with Gasteiger partial charge in [0.2, 0.25) is 0 Å². The molecule has 8 nitrogen and oxygen atoms in total. The molecule has 0 fully saturated rings. The molecule has 0 saturated heterocycles. The summed E-state index contributed by atoms with van der Waals surface area (Å²) in [6, 6.07) is 13.4. The Morgan fingerprint density at radius 2 is 1.89 bits per heavy atom. The fraction of sp³-hybridized carbons (Fsp3) is 0.154. The van der Waals surface area contributed by atoms with Crippen LogP contribution in [0.2, 0.25) is 0 Å². The molecule has 0 bridgehead atoms. The fourth-order valence-corrected chi connectivity index (χ4v) is 4.64. The van der Waals surface area contributed by atoms with Gasteiger partial charge >= 0.3 is 0 Å². The van der Waals surface area contributed by atoms with E-state index in [1.807, 2.05) is 48.7 Å². The van der Waals surface area contributed by atoms with Crippen LogP contribution >= 0.6 is 23.6 Å². The van der Waals surface area contributed by atoms with Crippen molar-refractivity contribution in [1.29, 1.82) is 0 Å². The second-order valence-electron chi connectivity index (χ2n) is 8.13. The van der Waals surface area contributed by atoms with E-state index in [1.54, 1.807) is 6.92 Å². The highest BCUT2D eigenvalue weighted by molar-refractivity contribution is 7.80. The Bertz CT molecular complexity index is 1380. The zero-order valence-electron chi connectivity index (χ0n) is 20.0. The van der Waals surface area contributed by atoms with Gasteiger partial charge in [-0.05, 0) is 67.5 Å². The summed E-state index contributed by atoms with van der Waals surface area (Å²) < 4.78 is 5.58. The lowest BCUT2D eigenvalue weighted by molar-refractivity contribution is 0.357. The number of fused-ring (bicyclic) bond motifs is 1. The second kappa shape index (κ2) is 11.1. The molecule has 2 aromatic carbocycles. The van der Waals surface area contributed by atoms with E-state index in [9.17, 15) is 5.11 Å². The number of benzene rings is 2. The van der Waals surface area contributed by atoms with Gasteiger partial charge in [-0.2, -0.15) is 5.10 Å². The SMILES string of the molecule is C=C(C)NN=NC(=C)c1ccc(NC(=S)N/N=C(\C)c2csc(-c3ccc4c(c3)CCO4)c2O)cc1. The predicted octanol–water partition coefficient (Wildman–Crippen LogP) is 6.23. The first kappa shape index (κ1) is 25.1. The Morgan fingerprint density at radius 3 is 2.64 bits per heavy atom. The van der Waals surface area contributed by atoms with Gasteiger partial charge in [0.15, 0.2) is 5.11 Å². The average molecular weight is 519 g/mol. The third-order valence-electron chi connectivity index (χ3n) is 5.32. The number of nitrogens with one attached hydrogen (secondary N) is 3. The van der Waals surface area contributed by atoms with Crippen molar-refractivity contribution in [3.8, 4) is 21.9 Å². The maximum Gasteiger partial charge on any atom is 0.191 e. The highest BCUT2D eigenvalue weighted by Gasteiger charge is 2.18. The molecule has 10 heteroatoms. The molecule has 0 amide bonds. The Balaban J connectivity index is 1.36. The molecular weight excluding hydrogens is 492 g/mol. The van der Waals surface area contributed by atoms with Gasteiger partial charge in [-0.3, -0.25) is 10.9 Å². The molecule has 1 aliphatic heterocycles. The average Bonchev–Trinajstić information content (AvgIpc) is 3.48. The van der Waals surface area contributed by atoms with Crippen molar-refractivity contribution in [2.75, 3.05) is 11.9 Å². The molecule has 2 heterocycles. The van der Waals surface area contributed by atoms with Gasteiger partial charge in [-0.25, -0.2) is 0 Å². The Morgan fingerprint density at radius 1 is 1.11 bits per heavy atom. The molecule has 0 saturated carbocycles. The molecule has 3 aromatic rings. The molecule has 0 spiro atoms. The molecule has 1 aromatic heterocycles. The molecule has 0 aliphatic carbocycles. The zero-order chi connectivity index (χ0) is 25.7. The van der Waals surface area contributed by atoms with Gasteiger partial charge in [-0.15, -0.1) is 16.5 Å². The number of anilines is 1. The number of hydrogen-bond acceptors (Lipinski definition) is 7. The van der Waals surface area contributed by atoms with Crippen LogP contribution in [-0.2, 0) is 6.42 Å². The van der Waals surface area contributed by atoms with Crippen molar-refractivity contribution < 1.29 is 9.84 Å². The highest BCUT2D eigenvalue weighted by Crippen LogP contribution is 2.40. The van der Waals surface area contributed by atoms with Gasteiger partial charge in [0.05, 0.1) is 28.5 Å². The van der Waals surface area contributed by atoms with Crippen LogP contribution in [0.15, 0.2) is 82.1 Å². The number of ether oxygens (including phenoxy) is 1. The largest absolute Gasteiger partial charge is 0.506 e. The number of allylic oxidation sites excluding steroid dienone is 1. The minimum absolute atomic E-state index is 0.201. The van der Waals surface area contributed by atoms with E-state index in [1.165, 1.54) is 11.3 Å². The van der Waals surface area contributed by atoms with Crippen LogP contribution in [0.3, 0.4) is 0 Å². The second-order valence-corrected chi connectivity index (χ2v) is 9.42. The predicted molar refractivity (Wildman–Crippen MR) is 150 cm³/mol. The number of aromatic hydroxyl groups is 1. The molecule has 0 radical (unpaired) electrons. The number of nitrogens with zero attached hydrogens (tertiary/aromatic N) is 3. The molecular formula is C26H26N6O2S2. The summed E-state index contributed by atoms with van der Waals surface area (Å²) in [6.07, 6.45) is 0.882. The lowest BCUT2D eigenvalue weighted by Crippen LogP contribution is -2.24. The summed E-state index contributed by atoms with van der Waals surface area (Å²) in [5, 5.41) is 28.3. The van der Waals surface area contributed by atoms with Crippen LogP contribution in [0.1, 0.15) is 30.5 Å². The van der Waals surface area contributed by atoms with Crippen LogP contribution in [0.5, 0.6) is 11.5 Å². The number of rotatable bonds is 8. The Labute approximate surface area is 219 Å². The first-order chi connectivity index (χ1) is 17.3. The lowest BCUT2D eigenvalue weighted by atomic mass is 10.1. The van der Waals surface area contributed by atoms with Gasteiger partial charge in [-0.1, -0.05) is 30.5 Å². The summed E-state index contributed by atoms with van der Waals surface area (Å²) in [7, 11) is 0. The first-order valence-electron chi connectivity index (χ1n) is 11.1. The van der Waals surface area contributed by atoms with Crippen LogP contribution in [0.25, 0.3) is 16.1 Å². The number of hydrogen-bond donors (Lipinski definition) is 4. The minimum atomic E-state index is 0.201. The standard InChI is InChI=1S/C26H26N6O2S2/c1-15(2)28-32-30-16(3)18-5-8-21(9-6-18)27-26(35)31-29-17(4)22-14-36-25(24(22)33)20-7-10-23-19(13-20)11-12-34-23/h5-10,13-14,33H,1,3,11-12H2,2,4H3,(H,28,30)(H2,27,31,35)/b29-17+. The monoisotopic (exact) mass is 518 g/mol. The summed E-state index contributed by atoms with van der Waals surface area (Å²) in [6.45, 7) is 11.9. The first-order valence-corrected chi connectivity index (χ1v) is 12.4. The summed E-state index contributed by atoms with van der Waals surface area (Å²) in [5.74, 6) is 1.12. The quantitative estimate of drug-likeness (QED) is 0.122. The molecule has 4 N–H and O–H groups in total. The third kappa shape index (κ3) is 5.96. The van der Waals surface area contributed by atoms with Gasteiger partial charge in [0.25, 0.3) is 0 Å². The minimum Gasteiger partial charge on any atom is -0.506 e. The number of thiocarbonyl (C=S) groups is 1. The van der Waals surface area contributed by atoms with Crippen LogP contribution in [0, 0.1) is 0 Å². The maximum absolute atomic E-state index is 10.8. The number of thiophene rings is 1. The van der Waals surface area contributed by atoms with E-state index in [2.05, 4.69) is 50.8 Å². The third-order valence-corrected chi connectivity index (χ3v) is 6.53. The van der Waals surface area contributed by atoms with E-state index >= 15 is 0 Å². The van der Waals surface area contributed by atoms with Crippen molar-refractivity contribution in [3.05, 3.63) is 83.4 Å². The van der Waals surface area contributed by atoms with Crippen molar-refractivity contribution in [2.45, 2.75) is 20.3 Å². The summed E-state index contributed by atoms with van der Waals surface area (Å²) >= 11 is 6.83. The van der Waals surface area contributed by atoms with E-state index in [4.69, 9.17) is 17.0 Å². The molecule has 4 rings (SSSR count). The van der Waals surface area contributed by atoms with Gasteiger partial charge < -0.3 is 15.2 Å². The maximum atomic E-state index is 10.8. The summed E-state index contributed by atoms with van der Waals surface area (Å²) in [5.41, 5.74) is 11.7. The van der Waals surface area contributed by atoms with Crippen molar-refractivity contribution >= 4 is 45.8 Å². The van der Waals surface area contributed by atoms with Gasteiger partial charge in [0.1, 0.15) is 11.5 Å². The van der Waals surface area contributed by atoms with Crippen LogP contribution in [0.4, 0.5) is 5.69 Å². The molecule has 36 heavy (non-hydrogen) atoms. The topological polar surface area (TPSA) is 103 Å². The van der Waals surface area contributed by atoms with Crippen LogP contribution in [-0.4, -0.2) is 22.5 Å². The molecule has 0 unspecified atom stereocenters. The molecule has 1 aliphatic rings.